The molecule has 3 amide bonds. The van der Waals surface area contributed by atoms with E-state index in [0.717, 1.165) is 51.9 Å². The molecule has 0 atom stereocenters. The van der Waals surface area contributed by atoms with Gasteiger partial charge in [0.1, 0.15) is 5.82 Å². The van der Waals surface area contributed by atoms with Crippen molar-refractivity contribution in [1.82, 2.24) is 29.8 Å². The van der Waals surface area contributed by atoms with Crippen LogP contribution < -0.4 is 5.56 Å². The fraction of sp³-hybridized carbons (Fsp3) is 0.595. The fourth-order valence-electron chi connectivity index (χ4n) is 8.45. The van der Waals surface area contributed by atoms with Crippen molar-refractivity contribution in [2.75, 3.05) is 58.9 Å². The van der Waals surface area contributed by atoms with E-state index in [0.29, 0.717) is 79.4 Å². The maximum Gasteiger partial charge on any atom is 0.272 e. The number of aromatic amines is 1. The summed E-state index contributed by atoms with van der Waals surface area (Å²) in [5, 5.41) is 7.99. The molecule has 4 fully saturated rings. The van der Waals surface area contributed by atoms with Gasteiger partial charge >= 0.3 is 0 Å². The molecule has 1 N–H and O–H groups in total. The number of ether oxygens (including phenoxy) is 1. The number of nitrogens with one attached hydrogen (secondary N) is 1. The molecule has 12 heteroatoms. The molecule has 0 unspecified atom stereocenters. The number of piperazine rings is 1. The first-order chi connectivity index (χ1) is 26.3. The fourth-order valence-corrected chi connectivity index (χ4v) is 8.45. The number of nitrogens with zero attached hydrogens (tertiary/aromatic N) is 5. The van der Waals surface area contributed by atoms with Gasteiger partial charge in [0.2, 0.25) is 11.8 Å². The smallest absolute Gasteiger partial charge is 0.272 e. The molecule has 54 heavy (non-hydrogen) atoms. The number of piperidine rings is 2. The van der Waals surface area contributed by atoms with Crippen LogP contribution in [0.5, 0.6) is 0 Å². The minimum atomic E-state index is -0.593. The molecule has 4 heterocycles. The average Bonchev–Trinajstić information content (AvgIpc) is 3.21. The van der Waals surface area contributed by atoms with E-state index < -0.39 is 11.7 Å². The summed E-state index contributed by atoms with van der Waals surface area (Å²) in [6.07, 6.45) is 11.2. The molecule has 292 valence electrons. The normalized spacial score (nSPS) is 19.4. The van der Waals surface area contributed by atoms with Crippen molar-refractivity contribution in [3.8, 4) is 0 Å². The molecule has 11 nitrogen and oxygen atoms in total. The van der Waals surface area contributed by atoms with Gasteiger partial charge in [-0.05, 0) is 68.2 Å². The largest absolute Gasteiger partial charge is 0.375 e. The Labute approximate surface area is 318 Å². The van der Waals surface area contributed by atoms with E-state index in [9.17, 15) is 23.6 Å². The number of hydrogen-bond donors (Lipinski definition) is 1. The van der Waals surface area contributed by atoms with E-state index in [1.807, 2.05) is 30.9 Å². The number of fused-ring (bicyclic) bond motifs is 1. The van der Waals surface area contributed by atoms with E-state index in [2.05, 4.69) is 15.1 Å². The molecule has 7 rings (SSSR count). The first kappa shape index (κ1) is 39.5. The average molecular weight is 745 g/mol. The Balaban J connectivity index is 0.00000245. The minimum Gasteiger partial charge on any atom is -0.375 e. The van der Waals surface area contributed by atoms with Crippen LogP contribution in [-0.4, -0.2) is 119 Å². The molecular weight excluding hydrogens is 687 g/mol. The predicted octanol–water partition coefficient (Wildman–Crippen LogP) is 5.41. The van der Waals surface area contributed by atoms with Crippen molar-refractivity contribution in [2.45, 2.75) is 96.7 Å². The van der Waals surface area contributed by atoms with Gasteiger partial charge in [0, 0.05) is 70.6 Å². The molecule has 3 aromatic rings. The first-order valence-corrected chi connectivity index (χ1v) is 20.3. The molecule has 2 aromatic carbocycles. The van der Waals surface area contributed by atoms with Crippen molar-refractivity contribution in [1.29, 1.82) is 0 Å². The highest BCUT2D eigenvalue weighted by atomic mass is 19.1. The molecule has 3 saturated heterocycles. The number of rotatable bonds is 9. The summed E-state index contributed by atoms with van der Waals surface area (Å²) in [5.74, 6) is -0.0506. The zero-order chi connectivity index (χ0) is 38.0. The van der Waals surface area contributed by atoms with E-state index in [4.69, 9.17) is 4.74 Å². The van der Waals surface area contributed by atoms with Gasteiger partial charge in [0.05, 0.1) is 35.4 Å². The quantitative estimate of drug-likeness (QED) is 0.312. The third-order valence-corrected chi connectivity index (χ3v) is 11.6. The summed E-state index contributed by atoms with van der Waals surface area (Å²) < 4.78 is 21.4. The Morgan fingerprint density at radius 3 is 2.06 bits per heavy atom. The minimum absolute atomic E-state index is 0.00945. The number of amides is 3. The second-order valence-electron chi connectivity index (χ2n) is 15.1. The van der Waals surface area contributed by atoms with Crippen LogP contribution in [0.1, 0.15) is 99.7 Å². The molecule has 0 radical (unpaired) electrons. The molecule has 3 aliphatic heterocycles. The molecular formula is C42H57FN6O5. The third kappa shape index (κ3) is 9.92. The second-order valence-corrected chi connectivity index (χ2v) is 15.1. The van der Waals surface area contributed by atoms with Crippen LogP contribution in [0.4, 0.5) is 4.39 Å². The molecule has 4 aliphatic rings. The Bertz CT molecular complexity index is 1790. The lowest BCUT2D eigenvalue weighted by atomic mass is 9.86. The number of hydrogen-bond acceptors (Lipinski definition) is 7. The number of carbonyl (C=O) groups excluding carboxylic acids is 3. The van der Waals surface area contributed by atoms with Gasteiger partial charge < -0.3 is 19.4 Å². The Morgan fingerprint density at radius 2 is 1.37 bits per heavy atom. The number of carbonyl (C=O) groups is 3. The third-order valence-electron chi connectivity index (χ3n) is 11.6. The zero-order valence-electron chi connectivity index (χ0n) is 32.1. The monoisotopic (exact) mass is 744 g/mol. The van der Waals surface area contributed by atoms with Crippen LogP contribution in [0.15, 0.2) is 47.3 Å². The van der Waals surface area contributed by atoms with Crippen LogP contribution in [0.25, 0.3) is 10.8 Å². The lowest BCUT2D eigenvalue weighted by Crippen LogP contribution is -2.53. The van der Waals surface area contributed by atoms with E-state index in [-0.39, 0.29) is 29.2 Å². The Kier molecular flexibility index (Phi) is 13.9. The predicted molar refractivity (Wildman–Crippen MR) is 207 cm³/mol. The molecule has 1 aromatic heterocycles. The van der Waals surface area contributed by atoms with E-state index >= 15 is 0 Å². The number of likely N-dealkylation sites (tertiary alicyclic amines) is 2. The number of benzene rings is 2. The van der Waals surface area contributed by atoms with Gasteiger partial charge in [-0.1, -0.05) is 57.4 Å². The number of H-pyrrole nitrogens is 1. The van der Waals surface area contributed by atoms with Crippen LogP contribution >= 0.6 is 0 Å². The van der Waals surface area contributed by atoms with Gasteiger partial charge in [-0.25, -0.2) is 9.49 Å². The topological polar surface area (TPSA) is 119 Å². The van der Waals surface area contributed by atoms with E-state index in [1.165, 1.54) is 38.2 Å². The SMILES string of the molecule is CC.O=C(CC1CCCCC1)N1CCC(OC2CCN(CC(=O)N3CCN(C(=O)c4cc(Cc5n[nH]c(=O)c6ccccc56)ccc4F)CC3)CC2)CC1. The second kappa shape index (κ2) is 18.9. The van der Waals surface area contributed by atoms with Crippen LogP contribution in [0.2, 0.25) is 0 Å². The summed E-state index contributed by atoms with van der Waals surface area (Å²) in [7, 11) is 0. The Morgan fingerprint density at radius 1 is 0.759 bits per heavy atom. The maximum atomic E-state index is 15.0. The van der Waals surface area contributed by atoms with Gasteiger partial charge in [-0.3, -0.25) is 24.1 Å². The number of aromatic nitrogens is 2. The van der Waals surface area contributed by atoms with Gasteiger partial charge in [-0.15, -0.1) is 0 Å². The van der Waals surface area contributed by atoms with E-state index in [1.54, 1.807) is 34.1 Å². The highest BCUT2D eigenvalue weighted by Crippen LogP contribution is 2.28. The van der Waals surface area contributed by atoms with Crippen molar-refractivity contribution in [3.05, 3.63) is 75.5 Å². The summed E-state index contributed by atoms with van der Waals surface area (Å²) in [4.78, 5) is 59.4. The highest BCUT2D eigenvalue weighted by molar-refractivity contribution is 5.95. The van der Waals surface area contributed by atoms with Gasteiger partial charge in [-0.2, -0.15) is 5.10 Å². The summed E-state index contributed by atoms with van der Waals surface area (Å²) in [6.45, 7) is 8.99. The summed E-state index contributed by atoms with van der Waals surface area (Å²) >= 11 is 0. The lowest BCUT2D eigenvalue weighted by molar-refractivity contribution is -0.138. The van der Waals surface area contributed by atoms with Crippen LogP contribution in [0, 0.1) is 11.7 Å². The van der Waals surface area contributed by atoms with Crippen LogP contribution in [-0.2, 0) is 20.7 Å². The molecule has 1 aliphatic carbocycles. The lowest BCUT2D eigenvalue weighted by Gasteiger charge is -2.38. The van der Waals surface area contributed by atoms with Gasteiger partial charge in [0.15, 0.2) is 0 Å². The summed E-state index contributed by atoms with van der Waals surface area (Å²) in [5.41, 5.74) is 1.06. The van der Waals surface area contributed by atoms with Crippen molar-refractivity contribution in [3.63, 3.8) is 0 Å². The zero-order valence-corrected chi connectivity index (χ0v) is 32.1. The molecule has 1 saturated carbocycles. The molecule has 0 spiro atoms. The van der Waals surface area contributed by atoms with Crippen LogP contribution in [0.3, 0.4) is 0 Å². The Hall–Kier alpha value is -4.16. The van der Waals surface area contributed by atoms with Crippen molar-refractivity contribution >= 4 is 28.5 Å². The summed E-state index contributed by atoms with van der Waals surface area (Å²) in [6, 6.07) is 11.7. The molecule has 0 bridgehead atoms. The maximum absolute atomic E-state index is 15.0. The number of halogens is 1. The first-order valence-electron chi connectivity index (χ1n) is 20.3. The highest BCUT2D eigenvalue weighted by Gasteiger charge is 2.31. The standard InChI is InChI=1S/C40H51FN6O5.C2H6/c41-35-11-10-29(25-36-32-8-4-5-9-33(32)39(50)43-42-36)24-34(35)40(51)47-22-20-46(21-23-47)38(49)27-44-16-12-30(13-17-44)52-31-14-18-45(19-15-31)37(48)26-28-6-2-1-3-7-28;1-2/h4-5,8-11,24,28,30-31H,1-3,6-7,12-23,25-27H2,(H,43,50);1-2H3. The van der Waals surface area contributed by atoms with Gasteiger partial charge in [0.25, 0.3) is 11.5 Å². The van der Waals surface area contributed by atoms with Crippen molar-refractivity contribution < 1.29 is 23.5 Å². The van der Waals surface area contributed by atoms with Crippen molar-refractivity contribution in [2.24, 2.45) is 5.92 Å².